The molecule has 0 aliphatic carbocycles. The lowest BCUT2D eigenvalue weighted by Gasteiger charge is -2.33. The summed E-state index contributed by atoms with van der Waals surface area (Å²) in [5.74, 6) is 3.29. The van der Waals surface area contributed by atoms with Crippen LogP contribution in [0.3, 0.4) is 0 Å². The maximum Gasteiger partial charge on any atom is 0.278 e. The lowest BCUT2D eigenvalue weighted by molar-refractivity contribution is -0.122. The second-order valence-electron chi connectivity index (χ2n) is 34.6. The van der Waals surface area contributed by atoms with Crippen molar-refractivity contribution < 1.29 is 33.0 Å². The molecule has 0 saturated carbocycles. The van der Waals surface area contributed by atoms with Crippen molar-refractivity contribution >= 4 is 141 Å². The summed E-state index contributed by atoms with van der Waals surface area (Å²) in [5.41, 5.74) is 13.8. The Morgan fingerprint density at radius 1 is 0.458 bits per heavy atom. The number of amides is 3. The van der Waals surface area contributed by atoms with Crippen LogP contribution in [0.1, 0.15) is 75.0 Å². The third-order valence-corrected chi connectivity index (χ3v) is 25.7. The van der Waals surface area contributed by atoms with E-state index in [2.05, 4.69) is 143 Å². The number of nitrogens with zero attached hydrogens (tertiary/aromatic N) is 20. The van der Waals surface area contributed by atoms with Gasteiger partial charge in [0.15, 0.2) is 36.8 Å². The van der Waals surface area contributed by atoms with Crippen LogP contribution >= 0.6 is 0 Å². The monoisotopic (exact) mass is 1760 g/mol. The molecule has 6 aromatic carbocycles. The van der Waals surface area contributed by atoms with Gasteiger partial charge in [-0.05, 0) is 215 Å². The summed E-state index contributed by atoms with van der Waals surface area (Å²) in [6.45, 7) is 10.2. The molecule has 0 unspecified atom stereocenters. The van der Waals surface area contributed by atoms with Crippen LogP contribution in [0.4, 0.5) is 57.7 Å². The average molecular weight is 1760 g/mol. The van der Waals surface area contributed by atoms with E-state index in [-0.39, 0.29) is 54.2 Å². The molecule has 0 spiro atoms. The number of aromatic nitrogens is 15. The number of H-pyrrole nitrogens is 2. The van der Waals surface area contributed by atoms with Gasteiger partial charge >= 0.3 is 0 Å². The molecule has 0 atom stereocenters. The number of carbonyl (C=O) groups excluding carboxylic acids is 3. The number of aromatic amines is 2. The minimum Gasteiger partial charge on any atom is -0.482 e. The number of piperidine rings is 1. The number of piperazine rings is 1. The molecule has 131 heavy (non-hydrogen) atoms. The fourth-order valence-electron chi connectivity index (χ4n) is 18.8. The number of likely N-dealkylation sites (N-methyl/N-ethyl adjacent to an activating group) is 1. The molecular weight excluding hydrogens is 1660 g/mol. The van der Waals surface area contributed by atoms with Crippen molar-refractivity contribution in [3.05, 3.63) is 219 Å². The van der Waals surface area contributed by atoms with Crippen LogP contribution in [0.5, 0.6) is 17.2 Å². The maximum absolute atomic E-state index is 13.6. The highest BCUT2D eigenvalue weighted by Gasteiger charge is 2.33. The predicted octanol–water partition coefficient (Wildman–Crippen LogP) is 12.4. The highest BCUT2D eigenvalue weighted by atomic mass is 16.5. The Labute approximate surface area is 750 Å². The Morgan fingerprint density at radius 3 is 1.37 bits per heavy atom. The van der Waals surface area contributed by atoms with Gasteiger partial charge in [0.1, 0.15) is 45.3 Å². The Hall–Kier alpha value is -15.0. The molecule has 35 heteroatoms. The number of likely N-dealkylation sites (tertiary alicyclic amines) is 1. The minimum atomic E-state index is -0.191. The number of furan rings is 1. The first-order chi connectivity index (χ1) is 64.0. The summed E-state index contributed by atoms with van der Waals surface area (Å²) in [6.07, 6.45) is 29.9. The van der Waals surface area contributed by atoms with Gasteiger partial charge in [-0.15, -0.1) is 0 Å². The van der Waals surface area contributed by atoms with Crippen LogP contribution in [-0.2, 0) is 40.4 Å². The number of anilines is 10. The normalized spacial score (nSPS) is 16.7. The number of carbonyl (C=O) groups is 3. The molecule has 6 bridgehead atoms. The number of ether oxygens (including phenoxy) is 3. The van der Waals surface area contributed by atoms with Gasteiger partial charge in [-0.1, -0.05) is 42.5 Å². The predicted molar refractivity (Wildman–Crippen MR) is 505 cm³/mol. The number of allylic oxidation sites excluding steroid dienone is 6. The van der Waals surface area contributed by atoms with Gasteiger partial charge in [-0.3, -0.25) is 33.9 Å². The van der Waals surface area contributed by atoms with Crippen LogP contribution in [0.2, 0.25) is 0 Å². The number of rotatable bonds is 12. The molecular formula is C96H99N25O10. The van der Waals surface area contributed by atoms with E-state index in [0.717, 1.165) is 160 Å². The summed E-state index contributed by atoms with van der Waals surface area (Å²) in [6, 6.07) is 35.2. The highest BCUT2D eigenvalue weighted by molar-refractivity contribution is 6.01. The lowest BCUT2D eigenvalue weighted by Crippen LogP contribution is -2.44. The standard InChI is InChI=1S/C32H33N9O3.C32H32N8O4.C32H34N8O3/c1-38-14-10-20(11-15-38)29-23-8-6-21(16-25(23)36-37-29)34-32-33-18-24-30(35-32)41-22-7-9-27-26(17-22)39(28(42)19-44-27)12-4-2-3-5-13-40(41)31(24)43;1-36-12-14-37(15-13-36)26-19-43-28-16-21(6-8-23(26)28)34-32-33-18-24-30(35-32)40-22-7-9-27-25(17-22)38(29(41)20-44-27)10-4-2-3-5-11-39(40)31(24)42;1-37(2)13-7-8-21-18-33-26-16-22(9-11-24(21)26)35-32-34-19-25-30(36-32)40-23-10-12-28-27(17-23)38(29(41)20-43-28)14-5-3-4-6-15-39(40)31(25)42/h3,5-9,16-18,20H,2,4,10-15,19H2,1H3,(H,36,37)(H,33,34,35);3,5-9,16-19H,2,4,10-15,20H2,1H3,(H,33,34,35);4,6,9-12,16-19,33H,3,5,7-8,13-15,20H2,1-2H3,(H,34,35,36). The smallest absolute Gasteiger partial charge is 0.278 e. The molecule has 2 fully saturated rings. The zero-order chi connectivity index (χ0) is 89.1. The second-order valence-corrected chi connectivity index (χ2v) is 34.6. The van der Waals surface area contributed by atoms with Crippen molar-refractivity contribution in [1.29, 1.82) is 0 Å². The van der Waals surface area contributed by atoms with E-state index in [9.17, 15) is 28.8 Å². The van der Waals surface area contributed by atoms with Crippen molar-refractivity contribution in [2.24, 2.45) is 0 Å². The van der Waals surface area contributed by atoms with Crippen LogP contribution in [0.25, 0.3) is 82.9 Å². The zero-order valence-electron chi connectivity index (χ0n) is 73.2. The Bertz CT molecular complexity index is 7000. The van der Waals surface area contributed by atoms with Crippen LogP contribution in [0.15, 0.2) is 196 Å². The van der Waals surface area contributed by atoms with Crippen molar-refractivity contribution in [3.63, 3.8) is 0 Å². The van der Waals surface area contributed by atoms with E-state index in [1.165, 1.54) is 16.6 Å². The van der Waals surface area contributed by atoms with Crippen LogP contribution < -0.4 is 66.4 Å². The van der Waals surface area contributed by atoms with Gasteiger partial charge < -0.3 is 73.9 Å². The average Bonchev–Trinajstić information content (AvgIpc) is 1.60. The number of benzene rings is 6. The van der Waals surface area contributed by atoms with E-state index >= 15 is 0 Å². The maximum atomic E-state index is 13.6. The number of nitrogens with one attached hydrogen (secondary N) is 5. The Morgan fingerprint density at radius 2 is 0.901 bits per heavy atom. The van der Waals surface area contributed by atoms with Crippen molar-refractivity contribution in [2.75, 3.05) is 149 Å². The largest absolute Gasteiger partial charge is 0.482 e. The number of hydrogen-bond donors (Lipinski definition) is 5. The molecule has 23 rings (SSSR count). The fraction of sp³-hybridized carbons (Fsp3) is 0.323. The van der Waals surface area contributed by atoms with Crippen LogP contribution in [0, 0.1) is 0 Å². The van der Waals surface area contributed by atoms with Crippen molar-refractivity contribution in [1.82, 2.24) is 87.9 Å². The molecule has 3 amide bonds. The van der Waals surface area contributed by atoms with E-state index < -0.39 is 0 Å². The first kappa shape index (κ1) is 83.0. The summed E-state index contributed by atoms with van der Waals surface area (Å²) >= 11 is 0. The SMILES string of the molecule is CN(C)CCCc1c[nH]c2cc(Nc3ncc4c(=O)n5n(c4n3)-c3ccc4c(c3)N(CCCC=CC5)C(=O)CO4)ccc12.CN1CCC(c2[nH]nc3cc(Nc4ncc5c(=O)n6n(c5n4)-c4ccc5c(c4)N(CCCC=CC6)C(=O)CO5)ccc23)CC1.CN1CCN(c2coc3cc(Nc4ncc5c(=O)n6n(c5n4)-c4ccc5c(c4)N(CCCC=CC6)C(=O)CO5)ccc23)CC1. The number of hydrogen-bond acceptors (Lipinski definition) is 24. The molecule has 5 N–H and O–H groups in total. The third kappa shape index (κ3) is 16.2. The molecule has 17 heterocycles. The molecule has 0 radical (unpaired) electrons. The molecule has 668 valence electrons. The first-order valence-corrected chi connectivity index (χ1v) is 44.8. The summed E-state index contributed by atoms with van der Waals surface area (Å²) in [5, 5.41) is 22.5. The number of fused-ring (bicyclic) bond motifs is 18. The molecule has 35 nitrogen and oxygen atoms in total. The van der Waals surface area contributed by atoms with Gasteiger partial charge in [0.05, 0.1) is 65.0 Å². The Kier molecular flexibility index (Phi) is 22.3. The Balaban J connectivity index is 0.000000119. The summed E-state index contributed by atoms with van der Waals surface area (Å²) < 4.78 is 33.5. The molecule has 2 saturated heterocycles. The fourth-order valence-corrected chi connectivity index (χ4v) is 18.8. The van der Waals surface area contributed by atoms with E-state index in [1.54, 1.807) is 56.7 Å². The molecule has 8 aliphatic rings. The zero-order valence-corrected chi connectivity index (χ0v) is 73.2. The van der Waals surface area contributed by atoms with E-state index in [4.69, 9.17) is 33.6 Å². The quantitative estimate of drug-likeness (QED) is 0.0709. The molecule has 15 aromatic rings. The van der Waals surface area contributed by atoms with Crippen LogP contribution in [-0.4, -0.2) is 219 Å². The summed E-state index contributed by atoms with van der Waals surface area (Å²) in [4.78, 5) is 125. The van der Waals surface area contributed by atoms with Gasteiger partial charge in [-0.25, -0.2) is 43.0 Å². The molecule has 8 aliphatic heterocycles. The minimum absolute atomic E-state index is 0.0164. The van der Waals surface area contributed by atoms with E-state index in [0.29, 0.717) is 148 Å². The highest BCUT2D eigenvalue weighted by Crippen LogP contribution is 2.41. The van der Waals surface area contributed by atoms with Gasteiger partial charge in [-0.2, -0.15) is 20.1 Å². The topological polar surface area (TPSA) is 353 Å². The van der Waals surface area contributed by atoms with Gasteiger partial charge in [0.2, 0.25) is 17.8 Å². The second kappa shape index (κ2) is 35.2. The van der Waals surface area contributed by atoms with Crippen molar-refractivity contribution in [2.45, 2.75) is 89.8 Å². The molecule has 9 aromatic heterocycles. The third-order valence-electron chi connectivity index (χ3n) is 25.7. The van der Waals surface area contributed by atoms with E-state index in [1.807, 2.05) is 114 Å². The lowest BCUT2D eigenvalue weighted by atomic mass is 9.92. The van der Waals surface area contributed by atoms with Crippen molar-refractivity contribution in [3.8, 4) is 34.3 Å². The van der Waals surface area contributed by atoms with Gasteiger partial charge in [0, 0.05) is 127 Å². The summed E-state index contributed by atoms with van der Waals surface area (Å²) in [7, 11) is 8.50. The number of aryl methyl sites for hydroxylation is 1. The first-order valence-electron chi connectivity index (χ1n) is 44.8. The van der Waals surface area contributed by atoms with Gasteiger partial charge in [0.25, 0.3) is 34.4 Å².